The molecule has 0 bridgehead atoms. The van der Waals surface area contributed by atoms with Crippen LogP contribution in [-0.2, 0) is 18.9 Å². The van der Waals surface area contributed by atoms with Crippen LogP contribution < -0.4 is 19.6 Å². The smallest absolute Gasteiger partial charge is 0.239 e. The van der Waals surface area contributed by atoms with Gasteiger partial charge in [0.1, 0.15) is 77.4 Å². The van der Waals surface area contributed by atoms with E-state index in [0.29, 0.717) is 0 Å². The van der Waals surface area contributed by atoms with Gasteiger partial charge in [-0.15, -0.1) is 0 Å². The van der Waals surface area contributed by atoms with E-state index < -0.39 is 121 Å². The van der Waals surface area contributed by atoms with E-state index >= 15 is 0 Å². The number of rotatable bonds is 9. The van der Waals surface area contributed by atoms with E-state index in [-0.39, 0.29) is 34.2 Å². The summed E-state index contributed by atoms with van der Waals surface area (Å²) >= 11 is 0. The zero-order valence-electron chi connectivity index (χ0n) is 28.8. The monoisotopic (exact) mass is 770 g/mol. The Kier molecular flexibility index (Phi) is 11.6. The zero-order valence-corrected chi connectivity index (χ0v) is 28.8. The fraction of sp³-hybridized carbons (Fsp3) is 0.559. The maximum atomic E-state index is 14.1. The van der Waals surface area contributed by atoms with Crippen molar-refractivity contribution in [1.29, 1.82) is 0 Å². The number of methoxy groups -OCH3 is 1. The molecule has 4 heterocycles. The normalized spacial score (nSPS) is 37.2. The standard InChI is InChI=1S/C34H42O20/c1-10-20(38)24(42)27(45)32(48-10)53-30-23(41)19-15(37)7-13(8-17(19)51-29(30)12-4-5-14(36)16(6-12)47-3)50-34-31(26(44)21(39)11(2)49-34)54-33-28(46)25(43)22(40)18(9-35)52-33/h4-8,10-11,18,20-22,24-28,31-40,42-46H,9H2,1-3H3/t10-,11-,18+,20-,21-,22+,24+,25-,26+,27+,28+,31+,32-,33?,34-/m0/s1. The van der Waals surface area contributed by atoms with E-state index in [4.69, 9.17) is 37.6 Å². The Bertz CT molecular complexity index is 1850. The van der Waals surface area contributed by atoms with Crippen molar-refractivity contribution in [1.82, 2.24) is 0 Å². The second-order valence-electron chi connectivity index (χ2n) is 13.2. The number of aliphatic hydroxyl groups is 9. The van der Waals surface area contributed by atoms with Crippen LogP contribution in [0.2, 0.25) is 0 Å². The third-order valence-corrected chi connectivity index (χ3v) is 9.57. The van der Waals surface area contributed by atoms with Crippen molar-refractivity contribution in [2.75, 3.05) is 13.7 Å². The summed E-state index contributed by atoms with van der Waals surface area (Å²) in [5, 5.41) is 114. The molecule has 11 N–H and O–H groups in total. The molecule has 0 spiro atoms. The van der Waals surface area contributed by atoms with Crippen LogP contribution in [-0.4, -0.2) is 162 Å². The highest BCUT2D eigenvalue weighted by Crippen LogP contribution is 2.41. The van der Waals surface area contributed by atoms with Crippen molar-refractivity contribution in [2.24, 2.45) is 0 Å². The lowest BCUT2D eigenvalue weighted by atomic mass is 9.97. The summed E-state index contributed by atoms with van der Waals surface area (Å²) in [5.41, 5.74) is -1.25. The van der Waals surface area contributed by atoms with Crippen LogP contribution in [0.25, 0.3) is 22.3 Å². The largest absolute Gasteiger partial charge is 0.507 e. The molecule has 1 aromatic heterocycles. The summed E-state index contributed by atoms with van der Waals surface area (Å²) in [5.74, 6) is -2.26. The van der Waals surface area contributed by atoms with Gasteiger partial charge in [-0.05, 0) is 32.0 Å². The van der Waals surface area contributed by atoms with Crippen LogP contribution in [0.1, 0.15) is 13.8 Å². The number of fused-ring (bicyclic) bond motifs is 1. The van der Waals surface area contributed by atoms with Gasteiger partial charge < -0.3 is 93.7 Å². The molecular weight excluding hydrogens is 728 g/mol. The molecule has 2 aromatic carbocycles. The Hall–Kier alpha value is -3.87. The van der Waals surface area contributed by atoms with Crippen molar-refractivity contribution in [2.45, 2.75) is 106 Å². The quantitative estimate of drug-likeness (QED) is 0.104. The van der Waals surface area contributed by atoms with E-state index in [1.807, 2.05) is 0 Å². The molecule has 3 aromatic rings. The summed E-state index contributed by atoms with van der Waals surface area (Å²) in [6.45, 7) is 2.02. The lowest BCUT2D eigenvalue weighted by molar-refractivity contribution is -0.355. The van der Waals surface area contributed by atoms with E-state index in [1.165, 1.54) is 39.2 Å². The van der Waals surface area contributed by atoms with Gasteiger partial charge in [0.2, 0.25) is 23.8 Å². The number of phenols is 2. The topological polar surface area (TPSA) is 317 Å². The van der Waals surface area contributed by atoms with Gasteiger partial charge in [0.25, 0.3) is 0 Å². The minimum Gasteiger partial charge on any atom is -0.507 e. The molecule has 20 nitrogen and oxygen atoms in total. The lowest BCUT2D eigenvalue weighted by Gasteiger charge is -2.45. The Balaban J connectivity index is 1.40. The van der Waals surface area contributed by atoms with Crippen LogP contribution in [0, 0.1) is 0 Å². The SMILES string of the molecule is COc1cc(-c2oc3cc(O[C@@H]4O[C@@H](C)[C@H](O)[C@@H](O)[C@H]4OC4O[C@H](CO)[C@@H](O)[C@H](O)[C@H]4O)cc(O)c3c(=O)c2O[C@@H]2O[C@@H](C)[C@H](O)[C@@H](O)[C@H]2O)ccc1O. The van der Waals surface area contributed by atoms with Gasteiger partial charge in [-0.2, -0.15) is 0 Å². The molecule has 20 heteroatoms. The second-order valence-corrected chi connectivity index (χ2v) is 13.2. The van der Waals surface area contributed by atoms with Crippen molar-refractivity contribution < 1.29 is 93.7 Å². The Morgan fingerprint density at radius 2 is 1.31 bits per heavy atom. The lowest BCUT2D eigenvalue weighted by Crippen LogP contribution is -2.64. The first-order valence-electron chi connectivity index (χ1n) is 16.8. The van der Waals surface area contributed by atoms with Crippen molar-refractivity contribution in [3.8, 4) is 40.1 Å². The predicted octanol–water partition coefficient (Wildman–Crippen LogP) is -2.88. The molecule has 1 unspecified atom stereocenters. The molecule has 3 saturated heterocycles. The second kappa shape index (κ2) is 15.7. The van der Waals surface area contributed by atoms with Gasteiger partial charge >= 0.3 is 0 Å². The van der Waals surface area contributed by atoms with Crippen molar-refractivity contribution >= 4 is 11.0 Å². The molecule has 3 aliphatic rings. The minimum absolute atomic E-state index is 0.0444. The molecule has 6 rings (SSSR count). The van der Waals surface area contributed by atoms with E-state index in [0.717, 1.165) is 12.1 Å². The van der Waals surface area contributed by atoms with E-state index in [1.54, 1.807) is 0 Å². The molecule has 0 radical (unpaired) electrons. The summed E-state index contributed by atoms with van der Waals surface area (Å²) in [4.78, 5) is 14.1. The maximum absolute atomic E-state index is 14.1. The van der Waals surface area contributed by atoms with Crippen LogP contribution in [0.5, 0.6) is 28.7 Å². The highest BCUT2D eigenvalue weighted by molar-refractivity contribution is 5.88. The van der Waals surface area contributed by atoms with Gasteiger partial charge in [0.05, 0.1) is 25.9 Å². The number of aliphatic hydroxyl groups excluding tert-OH is 9. The molecular formula is C34H42O20. The number of aromatic hydroxyl groups is 2. The van der Waals surface area contributed by atoms with Gasteiger partial charge in [0.15, 0.2) is 29.7 Å². The molecule has 0 aliphatic carbocycles. The fourth-order valence-electron chi connectivity index (χ4n) is 6.38. The van der Waals surface area contributed by atoms with Crippen molar-refractivity contribution in [3.63, 3.8) is 0 Å². The minimum atomic E-state index is -1.89. The molecule has 3 aliphatic heterocycles. The summed E-state index contributed by atoms with van der Waals surface area (Å²) in [6.07, 6.45) is -24.2. The average Bonchev–Trinajstić information content (AvgIpc) is 3.14. The Morgan fingerprint density at radius 3 is 1.98 bits per heavy atom. The first-order valence-corrected chi connectivity index (χ1v) is 16.8. The maximum Gasteiger partial charge on any atom is 0.239 e. The summed E-state index contributed by atoms with van der Waals surface area (Å²) in [7, 11) is 1.27. The van der Waals surface area contributed by atoms with Gasteiger partial charge in [0, 0.05) is 17.7 Å². The van der Waals surface area contributed by atoms with E-state index in [2.05, 4.69) is 0 Å². The Morgan fingerprint density at radius 1 is 0.685 bits per heavy atom. The first-order chi connectivity index (χ1) is 25.6. The third-order valence-electron chi connectivity index (χ3n) is 9.57. The highest BCUT2D eigenvalue weighted by Gasteiger charge is 2.51. The molecule has 3 fully saturated rings. The number of hydrogen-bond donors (Lipinski definition) is 11. The summed E-state index contributed by atoms with van der Waals surface area (Å²) in [6, 6.07) is 5.96. The highest BCUT2D eigenvalue weighted by atomic mass is 16.8. The van der Waals surface area contributed by atoms with Crippen molar-refractivity contribution in [3.05, 3.63) is 40.6 Å². The molecule has 298 valence electrons. The zero-order chi connectivity index (χ0) is 39.3. The average molecular weight is 771 g/mol. The molecule has 54 heavy (non-hydrogen) atoms. The summed E-state index contributed by atoms with van der Waals surface area (Å²) < 4.78 is 45.4. The molecule has 0 saturated carbocycles. The van der Waals surface area contributed by atoms with Gasteiger partial charge in [-0.1, -0.05) is 0 Å². The predicted molar refractivity (Wildman–Crippen MR) is 176 cm³/mol. The number of ether oxygens (including phenoxy) is 7. The number of hydrogen-bond acceptors (Lipinski definition) is 20. The molecule has 0 amide bonds. The van der Waals surface area contributed by atoms with Crippen LogP contribution >= 0.6 is 0 Å². The molecule has 15 atom stereocenters. The van der Waals surface area contributed by atoms with Crippen LogP contribution in [0.3, 0.4) is 0 Å². The third kappa shape index (κ3) is 7.29. The van der Waals surface area contributed by atoms with Gasteiger partial charge in [-0.3, -0.25) is 4.79 Å². The number of benzene rings is 2. The van der Waals surface area contributed by atoms with Crippen LogP contribution in [0.15, 0.2) is 39.5 Å². The van der Waals surface area contributed by atoms with Gasteiger partial charge in [-0.25, -0.2) is 0 Å². The fourth-order valence-corrected chi connectivity index (χ4v) is 6.38. The van der Waals surface area contributed by atoms with E-state index in [9.17, 15) is 61.0 Å². The first kappa shape index (κ1) is 39.8. The number of phenolic OH excluding ortho intramolecular Hbond substituents is 2. The Labute approximate surface area is 305 Å². The van der Waals surface area contributed by atoms with Crippen LogP contribution in [0.4, 0.5) is 0 Å².